The minimum atomic E-state index is -0.232. The van der Waals surface area contributed by atoms with Gasteiger partial charge in [-0.1, -0.05) is 42.5 Å². The summed E-state index contributed by atoms with van der Waals surface area (Å²) in [6.07, 6.45) is 0. The summed E-state index contributed by atoms with van der Waals surface area (Å²) in [4.78, 5) is 12.9. The van der Waals surface area contributed by atoms with E-state index < -0.39 is 0 Å². The molecule has 2 aromatic carbocycles. The lowest BCUT2D eigenvalue weighted by Crippen LogP contribution is -2.13. The molecule has 2 aromatic rings. The van der Waals surface area contributed by atoms with Gasteiger partial charge in [-0.3, -0.25) is 4.79 Å². The zero-order valence-electron chi connectivity index (χ0n) is 13.5. The lowest BCUT2D eigenvalue weighted by Gasteiger charge is -2.25. The smallest absolute Gasteiger partial charge is 0.312 e. The van der Waals surface area contributed by atoms with E-state index in [0.29, 0.717) is 0 Å². The van der Waals surface area contributed by atoms with Crippen molar-refractivity contribution >= 4 is 17.7 Å². The van der Waals surface area contributed by atoms with Crippen molar-refractivity contribution in [1.29, 1.82) is 0 Å². The maximum Gasteiger partial charge on any atom is 0.312 e. The number of thioether (sulfide) groups is 1. The molecular formula is C19H22O2S. The lowest BCUT2D eigenvalue weighted by molar-refractivity contribution is -0.141. The molecule has 0 saturated heterocycles. The van der Waals surface area contributed by atoms with E-state index in [1.165, 1.54) is 17.6 Å². The molecule has 0 radical (unpaired) electrons. The Bertz CT molecular complexity index is 618. The molecule has 22 heavy (non-hydrogen) atoms. The first kappa shape index (κ1) is 16.6. The first-order valence-electron chi connectivity index (χ1n) is 7.36. The molecule has 0 aliphatic carbocycles. The number of methoxy groups -OCH3 is 1. The molecule has 3 heteroatoms. The number of ether oxygens (including phenoxy) is 1. The summed E-state index contributed by atoms with van der Waals surface area (Å²) in [6.45, 7) is 6.29. The second-order valence-corrected chi connectivity index (χ2v) is 7.49. The first-order chi connectivity index (χ1) is 10.4. The van der Waals surface area contributed by atoms with Gasteiger partial charge in [0.2, 0.25) is 0 Å². The van der Waals surface area contributed by atoms with Gasteiger partial charge in [0.1, 0.15) is 0 Å². The molecular weight excluding hydrogens is 292 g/mol. The molecule has 2 nitrogen and oxygen atoms in total. The highest BCUT2D eigenvalue weighted by molar-refractivity contribution is 8.00. The molecule has 0 bridgehead atoms. The molecule has 0 aliphatic heterocycles. The molecule has 0 amide bonds. The summed E-state index contributed by atoms with van der Waals surface area (Å²) in [6, 6.07) is 18.6. The fraction of sp³-hybridized carbons (Fsp3) is 0.316. The van der Waals surface area contributed by atoms with Crippen molar-refractivity contribution in [1.82, 2.24) is 0 Å². The van der Waals surface area contributed by atoms with Gasteiger partial charge in [-0.15, -0.1) is 11.8 Å². The van der Waals surface area contributed by atoms with Crippen molar-refractivity contribution in [3.05, 3.63) is 65.7 Å². The Morgan fingerprint density at radius 3 is 2.18 bits per heavy atom. The van der Waals surface area contributed by atoms with Crippen molar-refractivity contribution in [3.63, 3.8) is 0 Å². The van der Waals surface area contributed by atoms with Crippen LogP contribution in [0.4, 0.5) is 0 Å². The normalized spacial score (nSPS) is 12.7. The molecule has 0 heterocycles. The molecule has 1 atom stereocenters. The Morgan fingerprint density at radius 1 is 1.05 bits per heavy atom. The van der Waals surface area contributed by atoms with E-state index in [2.05, 4.69) is 50.2 Å². The van der Waals surface area contributed by atoms with Crippen LogP contribution >= 0.6 is 11.8 Å². The second-order valence-electron chi connectivity index (χ2n) is 5.79. The Kier molecular flexibility index (Phi) is 5.30. The summed E-state index contributed by atoms with van der Waals surface area (Å²) in [7, 11) is 1.42. The van der Waals surface area contributed by atoms with Gasteiger partial charge in [0.05, 0.1) is 13.0 Å². The zero-order chi connectivity index (χ0) is 16.2. The maximum atomic E-state index is 11.6. The van der Waals surface area contributed by atoms with Gasteiger partial charge in [-0.05, 0) is 44.0 Å². The van der Waals surface area contributed by atoms with Crippen LogP contribution in [0.2, 0.25) is 0 Å². The Labute approximate surface area is 136 Å². The predicted octanol–water partition coefficient (Wildman–Crippen LogP) is 4.99. The monoisotopic (exact) mass is 314 g/mol. The van der Waals surface area contributed by atoms with Crippen LogP contribution in [0.3, 0.4) is 0 Å². The number of rotatable bonds is 5. The molecule has 0 N–H and O–H groups in total. The van der Waals surface area contributed by atoms with Crippen LogP contribution < -0.4 is 0 Å². The summed E-state index contributed by atoms with van der Waals surface area (Å²) in [5.74, 6) is -0.436. The van der Waals surface area contributed by atoms with Crippen molar-refractivity contribution in [2.75, 3.05) is 7.11 Å². The highest BCUT2D eigenvalue weighted by atomic mass is 32.2. The standard InChI is InChI=1S/C19H22O2S/c1-14(18(20)21-4)15-10-12-16(13-11-15)19(2,3)22-17-8-6-5-7-9-17/h5-14H,1-4H3/t14-/m1/s1. The minimum absolute atomic E-state index is 0.0333. The lowest BCUT2D eigenvalue weighted by atomic mass is 9.96. The van der Waals surface area contributed by atoms with E-state index in [1.54, 1.807) is 0 Å². The Morgan fingerprint density at radius 2 is 1.64 bits per heavy atom. The minimum Gasteiger partial charge on any atom is -0.469 e. The van der Waals surface area contributed by atoms with Gasteiger partial charge in [0.25, 0.3) is 0 Å². The molecule has 116 valence electrons. The molecule has 0 aliphatic rings. The van der Waals surface area contributed by atoms with E-state index >= 15 is 0 Å². The summed E-state index contributed by atoms with van der Waals surface area (Å²) >= 11 is 1.83. The van der Waals surface area contributed by atoms with E-state index in [9.17, 15) is 4.79 Å². The Balaban J connectivity index is 2.16. The topological polar surface area (TPSA) is 26.3 Å². The number of hydrogen-bond donors (Lipinski definition) is 0. The fourth-order valence-corrected chi connectivity index (χ4v) is 3.46. The van der Waals surface area contributed by atoms with Crippen LogP contribution in [0.15, 0.2) is 59.5 Å². The molecule has 2 rings (SSSR count). The maximum absolute atomic E-state index is 11.6. The molecule has 0 unspecified atom stereocenters. The fourth-order valence-electron chi connectivity index (χ4n) is 2.33. The molecule has 0 fully saturated rings. The van der Waals surface area contributed by atoms with Gasteiger partial charge >= 0.3 is 5.97 Å². The SMILES string of the molecule is COC(=O)[C@H](C)c1ccc(C(C)(C)Sc2ccccc2)cc1. The van der Waals surface area contributed by atoms with Crippen molar-refractivity contribution in [2.24, 2.45) is 0 Å². The van der Waals surface area contributed by atoms with E-state index in [1.807, 2.05) is 36.9 Å². The predicted molar refractivity (Wildman–Crippen MR) is 92.2 cm³/mol. The van der Waals surface area contributed by atoms with Crippen LogP contribution in [-0.4, -0.2) is 13.1 Å². The van der Waals surface area contributed by atoms with Crippen LogP contribution in [0, 0.1) is 0 Å². The number of carbonyl (C=O) groups is 1. The van der Waals surface area contributed by atoms with Crippen molar-refractivity contribution in [2.45, 2.75) is 36.3 Å². The largest absolute Gasteiger partial charge is 0.469 e. The average Bonchev–Trinajstić information content (AvgIpc) is 2.54. The number of hydrogen-bond acceptors (Lipinski definition) is 3. The van der Waals surface area contributed by atoms with Crippen LogP contribution in [-0.2, 0) is 14.3 Å². The molecule has 0 aromatic heterocycles. The number of esters is 1. The van der Waals surface area contributed by atoms with Gasteiger partial charge in [0.15, 0.2) is 0 Å². The van der Waals surface area contributed by atoms with E-state index in [-0.39, 0.29) is 16.6 Å². The third-order valence-corrected chi connectivity index (χ3v) is 5.03. The zero-order valence-corrected chi connectivity index (χ0v) is 14.3. The van der Waals surface area contributed by atoms with Crippen LogP contribution in [0.1, 0.15) is 37.8 Å². The van der Waals surface area contributed by atoms with E-state index in [0.717, 1.165) is 5.56 Å². The third-order valence-electron chi connectivity index (χ3n) is 3.78. The highest BCUT2D eigenvalue weighted by Gasteiger charge is 2.23. The first-order valence-corrected chi connectivity index (χ1v) is 8.18. The molecule has 0 saturated carbocycles. The van der Waals surface area contributed by atoms with Crippen LogP contribution in [0.5, 0.6) is 0 Å². The van der Waals surface area contributed by atoms with E-state index in [4.69, 9.17) is 4.74 Å². The highest BCUT2D eigenvalue weighted by Crippen LogP contribution is 2.40. The van der Waals surface area contributed by atoms with Crippen molar-refractivity contribution in [3.8, 4) is 0 Å². The summed E-state index contributed by atoms with van der Waals surface area (Å²) in [5, 5.41) is 0. The number of benzene rings is 2. The number of carbonyl (C=O) groups excluding carboxylic acids is 1. The van der Waals surface area contributed by atoms with Gasteiger partial charge in [-0.25, -0.2) is 0 Å². The second kappa shape index (κ2) is 7.01. The van der Waals surface area contributed by atoms with Gasteiger partial charge < -0.3 is 4.74 Å². The third kappa shape index (κ3) is 3.92. The van der Waals surface area contributed by atoms with Gasteiger partial charge in [0, 0.05) is 9.64 Å². The quantitative estimate of drug-likeness (QED) is 0.574. The average molecular weight is 314 g/mol. The van der Waals surface area contributed by atoms with Crippen molar-refractivity contribution < 1.29 is 9.53 Å². The summed E-state index contributed by atoms with van der Waals surface area (Å²) < 4.78 is 4.77. The Hall–Kier alpha value is -1.74. The molecule has 0 spiro atoms. The summed E-state index contributed by atoms with van der Waals surface area (Å²) in [5.41, 5.74) is 2.22. The van der Waals surface area contributed by atoms with Crippen LogP contribution in [0.25, 0.3) is 0 Å². The van der Waals surface area contributed by atoms with Gasteiger partial charge in [-0.2, -0.15) is 0 Å².